The van der Waals surface area contributed by atoms with Gasteiger partial charge in [0.25, 0.3) is 0 Å². The van der Waals surface area contributed by atoms with Gasteiger partial charge in [0.2, 0.25) is 0 Å². The van der Waals surface area contributed by atoms with Gasteiger partial charge in [-0.15, -0.1) is 0 Å². The average Bonchev–Trinajstić information content (AvgIpc) is 2.75. The fraction of sp³-hybridized carbons (Fsp3) is 0.241. The molecule has 0 unspecified atom stereocenters. The second-order valence-corrected chi connectivity index (χ2v) is 7.99. The molecule has 0 aromatic heterocycles. The minimum atomic E-state index is 0.961. The van der Waals surface area contributed by atoms with Crippen LogP contribution in [-0.4, -0.2) is 0 Å². The molecule has 0 aliphatic carbocycles. The van der Waals surface area contributed by atoms with Crippen molar-refractivity contribution in [1.82, 2.24) is 0 Å². The van der Waals surface area contributed by atoms with Crippen molar-refractivity contribution in [3.05, 3.63) is 131 Å². The zero-order chi connectivity index (χ0) is 20.3. The van der Waals surface area contributed by atoms with Crippen LogP contribution in [0.5, 0.6) is 0 Å². The maximum Gasteiger partial charge on any atom is -0.00258 e. The Labute approximate surface area is 176 Å². The molecular formula is C29H32. The Kier molecular flexibility index (Phi) is 8.07. The molecule has 0 heterocycles. The topological polar surface area (TPSA) is 0 Å². The van der Waals surface area contributed by atoms with Crippen LogP contribution < -0.4 is 0 Å². The van der Waals surface area contributed by atoms with Gasteiger partial charge in [0.15, 0.2) is 0 Å². The number of allylic oxidation sites excluding steroid dienone is 2. The van der Waals surface area contributed by atoms with Crippen LogP contribution in [0.15, 0.2) is 109 Å². The molecule has 0 atom stereocenters. The van der Waals surface area contributed by atoms with Gasteiger partial charge in [-0.1, -0.05) is 109 Å². The van der Waals surface area contributed by atoms with Gasteiger partial charge in [0.05, 0.1) is 0 Å². The summed E-state index contributed by atoms with van der Waals surface area (Å²) < 4.78 is 0. The van der Waals surface area contributed by atoms with Gasteiger partial charge < -0.3 is 0 Å². The summed E-state index contributed by atoms with van der Waals surface area (Å²) in [6.45, 7) is 8.57. The first-order valence-electron chi connectivity index (χ1n) is 10.7. The molecule has 0 aliphatic rings. The van der Waals surface area contributed by atoms with E-state index in [4.69, 9.17) is 0 Å². The fourth-order valence-corrected chi connectivity index (χ4v) is 3.65. The monoisotopic (exact) mass is 380 g/mol. The lowest BCUT2D eigenvalue weighted by Crippen LogP contribution is -1.94. The largest absolute Gasteiger partial charge is 0.0999 e. The molecule has 0 nitrogen and oxygen atoms in total. The molecular weight excluding hydrogens is 348 g/mol. The van der Waals surface area contributed by atoms with E-state index >= 15 is 0 Å². The van der Waals surface area contributed by atoms with E-state index in [1.54, 1.807) is 0 Å². The molecule has 3 rings (SSSR count). The van der Waals surface area contributed by atoms with Gasteiger partial charge in [-0.05, 0) is 67.2 Å². The zero-order valence-corrected chi connectivity index (χ0v) is 17.4. The van der Waals surface area contributed by atoms with Crippen molar-refractivity contribution in [2.75, 3.05) is 0 Å². The van der Waals surface area contributed by atoms with Crippen LogP contribution in [0.4, 0.5) is 0 Å². The van der Waals surface area contributed by atoms with E-state index in [0.29, 0.717) is 0 Å². The lowest BCUT2D eigenvalue weighted by Gasteiger charge is -2.09. The standard InChI is InChI=1S/C29H32/c1-24(10-9-15-26-11-5-3-6-12-26)16-17-25(2)22-28-18-20-29(21-19-28)23-27-13-7-4-8-14-27/h3-8,11-14,18-21H,1-2,9-10,15-17,22-23H2. The van der Waals surface area contributed by atoms with Crippen molar-refractivity contribution in [3.8, 4) is 0 Å². The molecule has 0 aliphatic heterocycles. The molecule has 0 saturated carbocycles. The Morgan fingerprint density at radius 1 is 0.517 bits per heavy atom. The summed E-state index contributed by atoms with van der Waals surface area (Å²) in [7, 11) is 0. The van der Waals surface area contributed by atoms with Crippen molar-refractivity contribution in [3.63, 3.8) is 0 Å². The quantitative estimate of drug-likeness (QED) is 0.298. The number of hydrogen-bond donors (Lipinski definition) is 0. The Balaban J connectivity index is 1.36. The van der Waals surface area contributed by atoms with Gasteiger partial charge in [0.1, 0.15) is 0 Å². The molecule has 0 amide bonds. The van der Waals surface area contributed by atoms with Gasteiger partial charge >= 0.3 is 0 Å². The Morgan fingerprint density at radius 2 is 1.03 bits per heavy atom. The molecule has 148 valence electrons. The number of rotatable bonds is 11. The first-order chi connectivity index (χ1) is 14.2. The van der Waals surface area contributed by atoms with Crippen molar-refractivity contribution < 1.29 is 0 Å². The minimum absolute atomic E-state index is 0.961. The van der Waals surface area contributed by atoms with Crippen molar-refractivity contribution in [2.24, 2.45) is 0 Å². The van der Waals surface area contributed by atoms with Crippen LogP contribution in [0.1, 0.15) is 47.9 Å². The second-order valence-electron chi connectivity index (χ2n) is 7.99. The Bertz CT molecular complexity index is 886. The van der Waals surface area contributed by atoms with E-state index in [-0.39, 0.29) is 0 Å². The molecule has 0 spiro atoms. The van der Waals surface area contributed by atoms with Gasteiger partial charge in [-0.25, -0.2) is 0 Å². The van der Waals surface area contributed by atoms with E-state index < -0.39 is 0 Å². The maximum atomic E-state index is 4.30. The normalized spacial score (nSPS) is 10.6. The van der Waals surface area contributed by atoms with Gasteiger partial charge in [0, 0.05) is 0 Å². The SMILES string of the molecule is C=C(CCCc1ccccc1)CCC(=C)Cc1ccc(Cc2ccccc2)cc1. The predicted molar refractivity (Wildman–Crippen MR) is 126 cm³/mol. The van der Waals surface area contributed by atoms with Crippen molar-refractivity contribution >= 4 is 0 Å². The summed E-state index contributed by atoms with van der Waals surface area (Å²) in [6, 6.07) is 30.3. The molecule has 0 saturated heterocycles. The van der Waals surface area contributed by atoms with Gasteiger partial charge in [-0.3, -0.25) is 0 Å². The molecule has 0 radical (unpaired) electrons. The first-order valence-corrected chi connectivity index (χ1v) is 10.7. The van der Waals surface area contributed by atoms with Crippen LogP contribution in [0, 0.1) is 0 Å². The summed E-state index contributed by atoms with van der Waals surface area (Å²) >= 11 is 0. The highest BCUT2D eigenvalue weighted by atomic mass is 14.1. The third-order valence-corrected chi connectivity index (χ3v) is 5.40. The summed E-state index contributed by atoms with van der Waals surface area (Å²) in [4.78, 5) is 0. The Morgan fingerprint density at radius 3 is 1.69 bits per heavy atom. The fourth-order valence-electron chi connectivity index (χ4n) is 3.65. The highest BCUT2D eigenvalue weighted by Gasteiger charge is 2.02. The molecule has 29 heavy (non-hydrogen) atoms. The second kappa shape index (κ2) is 11.2. The maximum absolute atomic E-state index is 4.30. The van der Waals surface area contributed by atoms with Crippen LogP contribution >= 0.6 is 0 Å². The van der Waals surface area contributed by atoms with Crippen molar-refractivity contribution in [1.29, 1.82) is 0 Å². The van der Waals surface area contributed by atoms with Crippen LogP contribution in [0.2, 0.25) is 0 Å². The molecule has 0 bridgehead atoms. The highest BCUT2D eigenvalue weighted by Crippen LogP contribution is 2.19. The number of hydrogen-bond acceptors (Lipinski definition) is 0. The summed E-state index contributed by atoms with van der Waals surface area (Å²) in [6.07, 6.45) is 7.47. The van der Waals surface area contributed by atoms with Crippen LogP contribution in [-0.2, 0) is 19.3 Å². The third-order valence-electron chi connectivity index (χ3n) is 5.40. The van der Waals surface area contributed by atoms with E-state index in [1.807, 2.05) is 0 Å². The highest BCUT2D eigenvalue weighted by molar-refractivity contribution is 5.30. The minimum Gasteiger partial charge on any atom is -0.0999 e. The zero-order valence-electron chi connectivity index (χ0n) is 17.4. The van der Waals surface area contributed by atoms with E-state index in [9.17, 15) is 0 Å². The lowest BCUT2D eigenvalue weighted by molar-refractivity contribution is 0.762. The van der Waals surface area contributed by atoms with Crippen molar-refractivity contribution in [2.45, 2.75) is 44.9 Å². The molecule has 0 fully saturated rings. The van der Waals surface area contributed by atoms with Crippen LogP contribution in [0.25, 0.3) is 0 Å². The number of benzene rings is 3. The van der Waals surface area contributed by atoms with E-state index in [2.05, 4.69) is 98.1 Å². The predicted octanol–water partition coefficient (Wildman–Crippen LogP) is 7.74. The third kappa shape index (κ3) is 7.58. The van der Waals surface area contributed by atoms with Crippen LogP contribution in [0.3, 0.4) is 0 Å². The summed E-state index contributed by atoms with van der Waals surface area (Å²) in [5.74, 6) is 0. The molecule has 3 aromatic carbocycles. The summed E-state index contributed by atoms with van der Waals surface area (Å²) in [5.41, 5.74) is 8.13. The Hall–Kier alpha value is -2.86. The number of aryl methyl sites for hydroxylation is 1. The first kappa shape index (κ1) is 20.9. The average molecular weight is 381 g/mol. The van der Waals surface area contributed by atoms with E-state index in [0.717, 1.165) is 38.5 Å². The molecule has 0 N–H and O–H groups in total. The van der Waals surface area contributed by atoms with E-state index in [1.165, 1.54) is 39.8 Å². The van der Waals surface area contributed by atoms with Gasteiger partial charge in [-0.2, -0.15) is 0 Å². The lowest BCUT2D eigenvalue weighted by atomic mass is 9.96. The smallest absolute Gasteiger partial charge is 0.00258 e. The molecule has 3 aromatic rings. The molecule has 0 heteroatoms. The summed E-state index contributed by atoms with van der Waals surface area (Å²) in [5, 5.41) is 0.